The van der Waals surface area contributed by atoms with Gasteiger partial charge in [0.05, 0.1) is 22.5 Å². The maximum absolute atomic E-state index is 5.38. The van der Waals surface area contributed by atoms with Crippen LogP contribution in [0.1, 0.15) is 41.5 Å². The molecule has 1 saturated heterocycles. The molecular formula is C17H20N4OS. The SMILES string of the molecule is Cc1noc(C)c1[C@@H]1CCCN1Cc1cn[nH]c1-c1cccs1. The predicted octanol–water partition coefficient (Wildman–Crippen LogP) is 4.08. The van der Waals surface area contributed by atoms with Crippen molar-refractivity contribution in [2.45, 2.75) is 39.3 Å². The smallest absolute Gasteiger partial charge is 0.138 e. The molecule has 0 unspecified atom stereocenters. The van der Waals surface area contributed by atoms with Crippen LogP contribution in [0.5, 0.6) is 0 Å². The van der Waals surface area contributed by atoms with Gasteiger partial charge in [-0.3, -0.25) is 10.00 Å². The highest BCUT2D eigenvalue weighted by molar-refractivity contribution is 7.13. The van der Waals surface area contributed by atoms with Crippen LogP contribution in [0.4, 0.5) is 0 Å². The maximum atomic E-state index is 5.38. The molecule has 0 spiro atoms. The van der Waals surface area contributed by atoms with Crippen molar-refractivity contribution in [1.29, 1.82) is 0 Å². The van der Waals surface area contributed by atoms with Gasteiger partial charge >= 0.3 is 0 Å². The fraction of sp³-hybridized carbons (Fsp3) is 0.412. The molecule has 4 rings (SSSR count). The molecule has 6 heteroatoms. The van der Waals surface area contributed by atoms with Gasteiger partial charge in [-0.25, -0.2) is 0 Å². The Morgan fingerprint density at radius 2 is 2.35 bits per heavy atom. The van der Waals surface area contributed by atoms with Crippen molar-refractivity contribution in [3.63, 3.8) is 0 Å². The number of aryl methyl sites for hydroxylation is 2. The molecule has 0 aliphatic carbocycles. The van der Waals surface area contributed by atoms with E-state index in [0.717, 1.165) is 36.7 Å². The van der Waals surface area contributed by atoms with E-state index >= 15 is 0 Å². The summed E-state index contributed by atoms with van der Waals surface area (Å²) in [5.41, 5.74) is 4.68. The van der Waals surface area contributed by atoms with Crippen LogP contribution in [-0.4, -0.2) is 26.8 Å². The molecule has 1 atom stereocenters. The molecule has 23 heavy (non-hydrogen) atoms. The van der Waals surface area contributed by atoms with Crippen LogP contribution < -0.4 is 0 Å². The maximum Gasteiger partial charge on any atom is 0.138 e. The third-order valence-corrected chi connectivity index (χ3v) is 5.53. The van der Waals surface area contributed by atoms with Crippen molar-refractivity contribution in [1.82, 2.24) is 20.3 Å². The first kappa shape index (κ1) is 14.7. The zero-order valence-electron chi connectivity index (χ0n) is 13.4. The summed E-state index contributed by atoms with van der Waals surface area (Å²) < 4.78 is 5.38. The quantitative estimate of drug-likeness (QED) is 0.784. The number of aromatic amines is 1. The molecule has 1 fully saturated rings. The molecule has 0 bridgehead atoms. The number of hydrogen-bond donors (Lipinski definition) is 1. The fourth-order valence-corrected chi connectivity index (χ4v) is 4.35. The van der Waals surface area contributed by atoms with Gasteiger partial charge in [0, 0.05) is 23.7 Å². The first-order chi connectivity index (χ1) is 11.2. The van der Waals surface area contributed by atoms with Crippen LogP contribution >= 0.6 is 11.3 Å². The molecule has 120 valence electrons. The van der Waals surface area contributed by atoms with Crippen LogP contribution in [-0.2, 0) is 6.54 Å². The summed E-state index contributed by atoms with van der Waals surface area (Å²) >= 11 is 1.74. The summed E-state index contributed by atoms with van der Waals surface area (Å²) in [6.07, 6.45) is 4.33. The number of thiophene rings is 1. The van der Waals surface area contributed by atoms with Crippen molar-refractivity contribution in [3.05, 3.63) is 46.3 Å². The number of H-pyrrole nitrogens is 1. The fourth-order valence-electron chi connectivity index (χ4n) is 3.59. The summed E-state index contributed by atoms with van der Waals surface area (Å²) in [5.74, 6) is 0.949. The van der Waals surface area contributed by atoms with Gasteiger partial charge in [-0.1, -0.05) is 11.2 Å². The van der Waals surface area contributed by atoms with Crippen LogP contribution in [0.25, 0.3) is 10.6 Å². The minimum atomic E-state index is 0.396. The lowest BCUT2D eigenvalue weighted by atomic mass is 10.0. The van der Waals surface area contributed by atoms with Crippen LogP contribution in [0.15, 0.2) is 28.2 Å². The van der Waals surface area contributed by atoms with E-state index < -0.39 is 0 Å². The van der Waals surface area contributed by atoms with Crippen molar-refractivity contribution in [2.75, 3.05) is 6.54 Å². The van der Waals surface area contributed by atoms with Crippen LogP contribution in [0.3, 0.4) is 0 Å². The van der Waals surface area contributed by atoms with E-state index in [2.05, 4.69) is 37.8 Å². The van der Waals surface area contributed by atoms with Gasteiger partial charge in [0.15, 0.2) is 0 Å². The number of rotatable bonds is 4. The molecule has 0 radical (unpaired) electrons. The molecule has 1 N–H and O–H groups in total. The zero-order valence-corrected chi connectivity index (χ0v) is 14.2. The lowest BCUT2D eigenvalue weighted by Crippen LogP contribution is -2.23. The van der Waals surface area contributed by atoms with E-state index in [4.69, 9.17) is 4.52 Å². The van der Waals surface area contributed by atoms with E-state index in [0.29, 0.717) is 6.04 Å². The third-order valence-electron chi connectivity index (χ3n) is 4.64. The van der Waals surface area contributed by atoms with Gasteiger partial charge in [-0.15, -0.1) is 11.3 Å². The number of nitrogens with zero attached hydrogens (tertiary/aromatic N) is 3. The molecular weight excluding hydrogens is 308 g/mol. The van der Waals surface area contributed by atoms with E-state index in [9.17, 15) is 0 Å². The van der Waals surface area contributed by atoms with Crippen LogP contribution in [0, 0.1) is 13.8 Å². The van der Waals surface area contributed by atoms with E-state index in [1.807, 2.05) is 20.0 Å². The summed E-state index contributed by atoms with van der Waals surface area (Å²) in [6, 6.07) is 4.61. The number of aromatic nitrogens is 3. The normalized spacial score (nSPS) is 18.8. The summed E-state index contributed by atoms with van der Waals surface area (Å²) in [5, 5.41) is 13.7. The number of nitrogens with one attached hydrogen (secondary N) is 1. The lowest BCUT2D eigenvalue weighted by Gasteiger charge is -2.24. The Kier molecular flexibility index (Phi) is 3.79. The average molecular weight is 328 g/mol. The number of hydrogen-bond acceptors (Lipinski definition) is 5. The Morgan fingerprint density at radius 3 is 3.09 bits per heavy atom. The van der Waals surface area contributed by atoms with Gasteiger partial charge in [0.1, 0.15) is 5.76 Å². The molecule has 1 aliphatic rings. The average Bonchev–Trinajstić information content (AvgIpc) is 3.29. The van der Waals surface area contributed by atoms with Crippen LogP contribution in [0.2, 0.25) is 0 Å². The summed E-state index contributed by atoms with van der Waals surface area (Å²) in [6.45, 7) is 6.06. The van der Waals surface area contributed by atoms with Crippen molar-refractivity contribution < 1.29 is 4.52 Å². The largest absolute Gasteiger partial charge is 0.361 e. The van der Waals surface area contributed by atoms with Gasteiger partial charge in [-0.2, -0.15) is 5.10 Å². The molecule has 0 saturated carbocycles. The highest BCUT2D eigenvalue weighted by Gasteiger charge is 2.31. The molecule has 1 aliphatic heterocycles. The second-order valence-electron chi connectivity index (χ2n) is 6.11. The first-order valence-corrected chi connectivity index (χ1v) is 8.85. The van der Waals surface area contributed by atoms with Gasteiger partial charge in [-0.05, 0) is 44.7 Å². The minimum absolute atomic E-state index is 0.396. The molecule has 0 amide bonds. The zero-order chi connectivity index (χ0) is 15.8. The minimum Gasteiger partial charge on any atom is -0.361 e. The predicted molar refractivity (Wildman–Crippen MR) is 90.3 cm³/mol. The van der Waals surface area contributed by atoms with E-state index in [-0.39, 0.29) is 0 Å². The summed E-state index contributed by atoms with van der Waals surface area (Å²) in [7, 11) is 0. The van der Waals surface area contributed by atoms with Crippen molar-refractivity contribution >= 4 is 11.3 Å². The Hall–Kier alpha value is -1.92. The second-order valence-corrected chi connectivity index (χ2v) is 7.06. The third kappa shape index (κ3) is 2.62. The molecule has 4 heterocycles. The van der Waals surface area contributed by atoms with Crippen molar-refractivity contribution in [2.24, 2.45) is 0 Å². The second kappa shape index (κ2) is 5.94. The lowest BCUT2D eigenvalue weighted by molar-refractivity contribution is 0.246. The molecule has 0 aromatic carbocycles. The van der Waals surface area contributed by atoms with E-state index in [1.54, 1.807) is 11.3 Å². The number of likely N-dealkylation sites (tertiary alicyclic amines) is 1. The Balaban J connectivity index is 1.61. The highest BCUT2D eigenvalue weighted by Crippen LogP contribution is 2.37. The van der Waals surface area contributed by atoms with Crippen molar-refractivity contribution in [3.8, 4) is 10.6 Å². The van der Waals surface area contributed by atoms with Gasteiger partial charge in [0.25, 0.3) is 0 Å². The molecule has 5 nitrogen and oxygen atoms in total. The molecule has 3 aromatic heterocycles. The Bertz CT molecular complexity index is 770. The summed E-state index contributed by atoms with van der Waals surface area (Å²) in [4.78, 5) is 3.76. The Labute approximate surface area is 139 Å². The van der Waals surface area contributed by atoms with Gasteiger partial charge in [0.2, 0.25) is 0 Å². The molecule has 3 aromatic rings. The topological polar surface area (TPSA) is 58.0 Å². The first-order valence-electron chi connectivity index (χ1n) is 7.97. The van der Waals surface area contributed by atoms with Gasteiger partial charge < -0.3 is 4.52 Å². The Morgan fingerprint density at radius 1 is 1.43 bits per heavy atom. The standard InChI is InChI=1S/C17H20N4OS/c1-11-16(12(2)22-20-11)14-5-3-7-21(14)10-13-9-18-19-17(13)15-6-4-8-23-15/h4,6,8-9,14H,3,5,7,10H2,1-2H3,(H,18,19)/t14-/m0/s1. The van der Waals surface area contributed by atoms with E-state index in [1.165, 1.54) is 22.4 Å². The highest BCUT2D eigenvalue weighted by atomic mass is 32.1. The monoisotopic (exact) mass is 328 g/mol.